The van der Waals surface area contributed by atoms with Gasteiger partial charge < -0.3 is 10.1 Å². The maximum atomic E-state index is 13.5. The normalized spacial score (nSPS) is 11.8. The van der Waals surface area contributed by atoms with Crippen LogP contribution in [0.4, 0.5) is 10.1 Å². The van der Waals surface area contributed by atoms with Gasteiger partial charge in [-0.25, -0.2) is 4.39 Å². The highest BCUT2D eigenvalue weighted by atomic mass is 35.5. The van der Waals surface area contributed by atoms with Crippen LogP contribution in [-0.4, -0.2) is 12.0 Å². The maximum Gasteiger partial charge on any atom is 0.265 e. The van der Waals surface area contributed by atoms with E-state index in [0.29, 0.717) is 15.7 Å². The van der Waals surface area contributed by atoms with Gasteiger partial charge in [0.25, 0.3) is 5.91 Å². The molecule has 0 fully saturated rings. The summed E-state index contributed by atoms with van der Waals surface area (Å²) in [7, 11) is 0. The minimum Gasteiger partial charge on any atom is -0.478 e. The van der Waals surface area contributed by atoms with Gasteiger partial charge in [-0.3, -0.25) is 4.79 Å². The van der Waals surface area contributed by atoms with Crippen molar-refractivity contribution in [2.75, 3.05) is 5.32 Å². The zero-order valence-electron chi connectivity index (χ0n) is 11.1. The molecule has 2 aromatic carbocycles. The van der Waals surface area contributed by atoms with Crippen LogP contribution in [0.25, 0.3) is 0 Å². The molecule has 0 aliphatic rings. The molecule has 1 amide bonds. The second-order valence-corrected chi connectivity index (χ2v) is 5.15. The summed E-state index contributed by atoms with van der Waals surface area (Å²) in [6.45, 7) is 1.52. The fourth-order valence-electron chi connectivity index (χ4n) is 1.61. The summed E-state index contributed by atoms with van der Waals surface area (Å²) >= 11 is 11.7. The van der Waals surface area contributed by atoms with Gasteiger partial charge in [0.1, 0.15) is 0 Å². The standard InChI is InChI=1S/C15H12Cl2FNO2/c1-9(21-14-5-3-2-4-12(14)18)15(20)19-13-7-6-10(16)8-11(13)17/h2-9H,1H3,(H,19,20). The third-order valence-corrected chi connectivity index (χ3v) is 3.25. The summed E-state index contributed by atoms with van der Waals surface area (Å²) in [5, 5.41) is 3.38. The molecule has 2 aromatic rings. The molecule has 0 aliphatic heterocycles. The van der Waals surface area contributed by atoms with Crippen LogP contribution in [0.1, 0.15) is 6.92 Å². The predicted molar refractivity (Wildman–Crippen MR) is 81.6 cm³/mol. The molecule has 0 saturated heterocycles. The molecule has 0 radical (unpaired) electrons. The Balaban J connectivity index is 2.04. The molecular formula is C15H12Cl2FNO2. The Morgan fingerprint density at radius 2 is 1.95 bits per heavy atom. The van der Waals surface area contributed by atoms with Gasteiger partial charge in [0.15, 0.2) is 17.7 Å². The molecule has 21 heavy (non-hydrogen) atoms. The topological polar surface area (TPSA) is 38.3 Å². The minimum absolute atomic E-state index is 0.0161. The van der Waals surface area contributed by atoms with E-state index in [1.807, 2.05) is 0 Å². The van der Waals surface area contributed by atoms with Crippen molar-refractivity contribution < 1.29 is 13.9 Å². The molecule has 0 aliphatic carbocycles. The highest BCUT2D eigenvalue weighted by Gasteiger charge is 2.17. The molecule has 0 bridgehead atoms. The molecule has 0 aromatic heterocycles. The number of carbonyl (C=O) groups is 1. The van der Waals surface area contributed by atoms with Crippen molar-refractivity contribution in [3.63, 3.8) is 0 Å². The molecule has 0 saturated carbocycles. The second kappa shape index (κ2) is 6.78. The first kappa shape index (κ1) is 15.6. The molecule has 2 rings (SSSR count). The Morgan fingerprint density at radius 1 is 1.24 bits per heavy atom. The number of amides is 1. The molecule has 1 unspecified atom stereocenters. The highest BCUT2D eigenvalue weighted by Crippen LogP contribution is 2.25. The van der Waals surface area contributed by atoms with E-state index in [0.717, 1.165) is 0 Å². The first-order valence-electron chi connectivity index (χ1n) is 6.14. The smallest absolute Gasteiger partial charge is 0.265 e. The number of ether oxygens (including phenoxy) is 1. The van der Waals surface area contributed by atoms with Gasteiger partial charge >= 0.3 is 0 Å². The van der Waals surface area contributed by atoms with Crippen LogP contribution in [-0.2, 0) is 4.79 Å². The number of carbonyl (C=O) groups excluding carboxylic acids is 1. The van der Waals surface area contributed by atoms with E-state index in [4.69, 9.17) is 27.9 Å². The fraction of sp³-hybridized carbons (Fsp3) is 0.133. The highest BCUT2D eigenvalue weighted by molar-refractivity contribution is 6.36. The number of benzene rings is 2. The Bertz CT molecular complexity index is 664. The molecule has 0 heterocycles. The fourth-order valence-corrected chi connectivity index (χ4v) is 2.07. The number of halogens is 3. The monoisotopic (exact) mass is 327 g/mol. The van der Waals surface area contributed by atoms with Crippen molar-refractivity contribution in [3.8, 4) is 5.75 Å². The van der Waals surface area contributed by atoms with Crippen molar-refractivity contribution in [2.45, 2.75) is 13.0 Å². The molecule has 6 heteroatoms. The summed E-state index contributed by atoms with van der Waals surface area (Å²) in [6.07, 6.45) is -0.881. The van der Waals surface area contributed by atoms with E-state index in [1.54, 1.807) is 24.3 Å². The quantitative estimate of drug-likeness (QED) is 0.895. The number of para-hydroxylation sites is 1. The zero-order valence-corrected chi connectivity index (χ0v) is 12.6. The number of anilines is 1. The van der Waals surface area contributed by atoms with E-state index < -0.39 is 17.8 Å². The Hall–Kier alpha value is -1.78. The minimum atomic E-state index is -0.881. The van der Waals surface area contributed by atoms with Gasteiger partial charge in [0.05, 0.1) is 10.7 Å². The van der Waals surface area contributed by atoms with Crippen LogP contribution in [0.3, 0.4) is 0 Å². The average molecular weight is 328 g/mol. The lowest BCUT2D eigenvalue weighted by molar-refractivity contribution is -0.122. The van der Waals surface area contributed by atoms with Gasteiger partial charge in [-0.05, 0) is 37.3 Å². The number of rotatable bonds is 4. The largest absolute Gasteiger partial charge is 0.478 e. The summed E-state index contributed by atoms with van der Waals surface area (Å²) in [5.74, 6) is -0.952. The van der Waals surface area contributed by atoms with E-state index in [9.17, 15) is 9.18 Å². The van der Waals surface area contributed by atoms with Crippen molar-refractivity contribution in [2.24, 2.45) is 0 Å². The molecule has 0 spiro atoms. The van der Waals surface area contributed by atoms with E-state index in [-0.39, 0.29) is 5.75 Å². The van der Waals surface area contributed by atoms with Gasteiger partial charge in [-0.2, -0.15) is 0 Å². The van der Waals surface area contributed by atoms with Crippen LogP contribution in [0, 0.1) is 5.82 Å². The summed E-state index contributed by atoms with van der Waals surface area (Å²) in [6, 6.07) is 10.6. The van der Waals surface area contributed by atoms with E-state index >= 15 is 0 Å². The first-order chi connectivity index (χ1) is 9.97. The maximum absolute atomic E-state index is 13.5. The molecular weight excluding hydrogens is 316 g/mol. The Morgan fingerprint density at radius 3 is 2.62 bits per heavy atom. The molecule has 110 valence electrons. The van der Waals surface area contributed by atoms with Crippen LogP contribution in [0.2, 0.25) is 10.0 Å². The van der Waals surface area contributed by atoms with Crippen LogP contribution < -0.4 is 10.1 Å². The molecule has 3 nitrogen and oxygen atoms in total. The van der Waals surface area contributed by atoms with Gasteiger partial charge in [0, 0.05) is 5.02 Å². The third-order valence-electron chi connectivity index (χ3n) is 2.70. The van der Waals surface area contributed by atoms with Gasteiger partial charge in [-0.15, -0.1) is 0 Å². The lowest BCUT2D eigenvalue weighted by Crippen LogP contribution is -2.30. The third kappa shape index (κ3) is 4.09. The lowest BCUT2D eigenvalue weighted by atomic mass is 10.3. The number of hydrogen-bond acceptors (Lipinski definition) is 2. The zero-order chi connectivity index (χ0) is 15.4. The van der Waals surface area contributed by atoms with Crippen molar-refractivity contribution in [3.05, 3.63) is 58.3 Å². The van der Waals surface area contributed by atoms with E-state index in [2.05, 4.69) is 5.32 Å². The predicted octanol–water partition coefficient (Wildman–Crippen LogP) is 4.54. The number of nitrogens with one attached hydrogen (secondary N) is 1. The Kier molecular flexibility index (Phi) is 5.04. The summed E-state index contributed by atoms with van der Waals surface area (Å²) in [4.78, 5) is 12.0. The van der Waals surface area contributed by atoms with Gasteiger partial charge in [-0.1, -0.05) is 35.3 Å². The van der Waals surface area contributed by atoms with Crippen molar-refractivity contribution in [1.82, 2.24) is 0 Å². The number of hydrogen-bond donors (Lipinski definition) is 1. The van der Waals surface area contributed by atoms with Crippen molar-refractivity contribution >= 4 is 34.8 Å². The molecule has 1 atom stereocenters. The van der Waals surface area contributed by atoms with Crippen molar-refractivity contribution in [1.29, 1.82) is 0 Å². The van der Waals surface area contributed by atoms with Gasteiger partial charge in [0.2, 0.25) is 0 Å². The second-order valence-electron chi connectivity index (χ2n) is 4.30. The summed E-state index contributed by atoms with van der Waals surface area (Å²) in [5.41, 5.74) is 0.412. The van der Waals surface area contributed by atoms with Crippen LogP contribution >= 0.6 is 23.2 Å². The SMILES string of the molecule is CC(Oc1ccccc1F)C(=O)Nc1ccc(Cl)cc1Cl. The Labute approximate surface area is 131 Å². The average Bonchev–Trinajstić information content (AvgIpc) is 2.44. The first-order valence-corrected chi connectivity index (χ1v) is 6.90. The van der Waals surface area contributed by atoms with Crippen LogP contribution in [0.15, 0.2) is 42.5 Å². The van der Waals surface area contributed by atoms with E-state index in [1.165, 1.54) is 25.1 Å². The molecule has 1 N–H and O–H groups in total. The lowest BCUT2D eigenvalue weighted by Gasteiger charge is -2.15. The van der Waals surface area contributed by atoms with Crippen LogP contribution in [0.5, 0.6) is 5.75 Å². The summed E-state index contributed by atoms with van der Waals surface area (Å²) < 4.78 is 18.7.